The van der Waals surface area contributed by atoms with Crippen molar-refractivity contribution in [2.45, 2.75) is 0 Å². The minimum Gasteiger partial charge on any atom is -0.477 e. The lowest BCUT2D eigenvalue weighted by Gasteiger charge is -2.03. The number of amides is 1. The van der Waals surface area contributed by atoms with Crippen LogP contribution in [0.2, 0.25) is 10.2 Å². The Hall–Kier alpha value is -1.63. The Morgan fingerprint density at radius 3 is 2.58 bits per heavy atom. The summed E-state index contributed by atoms with van der Waals surface area (Å²) in [7, 11) is 0. The van der Waals surface area contributed by atoms with Crippen LogP contribution in [0.25, 0.3) is 0 Å². The maximum absolute atomic E-state index is 11.9. The van der Waals surface area contributed by atoms with Gasteiger partial charge in [-0.1, -0.05) is 23.2 Å². The minimum atomic E-state index is -1.05. The number of aromatic carboxylic acids is 1. The summed E-state index contributed by atoms with van der Waals surface area (Å²) in [4.78, 5) is 26.6. The predicted octanol–water partition coefficient (Wildman–Crippen LogP) is 3.40. The third kappa shape index (κ3) is 3.23. The molecular weight excluding hydrogens is 311 g/mol. The van der Waals surface area contributed by atoms with Gasteiger partial charge in [0.05, 0.1) is 10.0 Å². The van der Waals surface area contributed by atoms with Crippen molar-refractivity contribution in [1.29, 1.82) is 0 Å². The van der Waals surface area contributed by atoms with Crippen LogP contribution in [-0.2, 0) is 0 Å². The van der Waals surface area contributed by atoms with E-state index >= 15 is 0 Å². The summed E-state index contributed by atoms with van der Waals surface area (Å²) in [5, 5.41) is 12.0. The van der Waals surface area contributed by atoms with Crippen LogP contribution in [0.5, 0.6) is 0 Å². The Bertz CT molecular complexity index is 657. The molecule has 98 valence electrons. The zero-order chi connectivity index (χ0) is 14.0. The summed E-state index contributed by atoms with van der Waals surface area (Å²) < 4.78 is 0. The number of rotatable bonds is 3. The van der Waals surface area contributed by atoms with Crippen molar-refractivity contribution in [2.24, 2.45) is 0 Å². The van der Waals surface area contributed by atoms with Crippen molar-refractivity contribution in [2.75, 3.05) is 5.32 Å². The molecule has 0 spiro atoms. The van der Waals surface area contributed by atoms with Crippen LogP contribution >= 0.6 is 34.5 Å². The average molecular weight is 317 g/mol. The summed E-state index contributed by atoms with van der Waals surface area (Å²) in [6.45, 7) is 0. The topological polar surface area (TPSA) is 79.3 Å². The number of carbonyl (C=O) groups is 2. The number of carboxylic acid groups (broad SMARTS) is 1. The zero-order valence-corrected chi connectivity index (χ0v) is 11.5. The van der Waals surface area contributed by atoms with E-state index in [2.05, 4.69) is 10.3 Å². The van der Waals surface area contributed by atoms with Gasteiger partial charge in [0.15, 0.2) is 0 Å². The van der Waals surface area contributed by atoms with E-state index in [0.29, 0.717) is 5.00 Å². The highest BCUT2D eigenvalue weighted by atomic mass is 35.5. The Morgan fingerprint density at radius 1 is 1.21 bits per heavy atom. The summed E-state index contributed by atoms with van der Waals surface area (Å²) in [5.74, 6) is -1.60. The van der Waals surface area contributed by atoms with Gasteiger partial charge in [0, 0.05) is 0 Å². The third-order valence-corrected chi connectivity index (χ3v) is 3.58. The van der Waals surface area contributed by atoms with Gasteiger partial charge in [-0.2, -0.15) is 0 Å². The van der Waals surface area contributed by atoms with Gasteiger partial charge in [0.25, 0.3) is 5.91 Å². The molecule has 0 aromatic carbocycles. The molecule has 0 fully saturated rings. The molecule has 0 saturated heterocycles. The SMILES string of the molecule is O=C(O)c1ccc(NC(=O)c2nc(Cl)ccc2Cl)s1. The lowest BCUT2D eigenvalue weighted by molar-refractivity contribution is 0.0702. The van der Waals surface area contributed by atoms with Crippen LogP contribution < -0.4 is 5.32 Å². The lowest BCUT2D eigenvalue weighted by Crippen LogP contribution is -2.13. The van der Waals surface area contributed by atoms with Crippen LogP contribution in [0.3, 0.4) is 0 Å². The van der Waals surface area contributed by atoms with Crippen molar-refractivity contribution in [1.82, 2.24) is 4.98 Å². The molecule has 0 aliphatic rings. The van der Waals surface area contributed by atoms with Gasteiger partial charge in [0.1, 0.15) is 15.7 Å². The Kier molecular flexibility index (Phi) is 4.04. The van der Waals surface area contributed by atoms with Crippen molar-refractivity contribution in [3.8, 4) is 0 Å². The summed E-state index contributed by atoms with van der Waals surface area (Å²) >= 11 is 12.5. The first kappa shape index (κ1) is 13.8. The molecule has 0 unspecified atom stereocenters. The number of nitrogens with zero attached hydrogens (tertiary/aromatic N) is 1. The van der Waals surface area contributed by atoms with E-state index in [1.807, 2.05) is 0 Å². The van der Waals surface area contributed by atoms with Crippen molar-refractivity contribution >= 4 is 51.4 Å². The van der Waals surface area contributed by atoms with Crippen LogP contribution in [0.4, 0.5) is 5.00 Å². The highest BCUT2D eigenvalue weighted by Gasteiger charge is 2.15. The number of thiophene rings is 1. The van der Waals surface area contributed by atoms with Crippen molar-refractivity contribution in [3.63, 3.8) is 0 Å². The molecule has 0 bridgehead atoms. The molecule has 1 amide bonds. The van der Waals surface area contributed by atoms with E-state index in [9.17, 15) is 9.59 Å². The molecule has 8 heteroatoms. The number of halogens is 2. The van der Waals surface area contributed by atoms with E-state index < -0.39 is 11.9 Å². The van der Waals surface area contributed by atoms with E-state index in [-0.39, 0.29) is 20.7 Å². The first-order valence-electron chi connectivity index (χ1n) is 4.94. The fourth-order valence-electron chi connectivity index (χ4n) is 1.27. The number of hydrogen-bond acceptors (Lipinski definition) is 4. The molecule has 2 rings (SSSR count). The Labute approximate surface area is 121 Å². The maximum atomic E-state index is 11.9. The van der Waals surface area contributed by atoms with Gasteiger partial charge in [-0.05, 0) is 24.3 Å². The van der Waals surface area contributed by atoms with Crippen LogP contribution in [0.1, 0.15) is 20.2 Å². The summed E-state index contributed by atoms with van der Waals surface area (Å²) in [5.41, 5.74) is -0.0144. The number of carbonyl (C=O) groups excluding carboxylic acids is 1. The third-order valence-electron chi connectivity index (χ3n) is 2.08. The molecule has 0 aliphatic heterocycles. The number of aromatic nitrogens is 1. The molecule has 19 heavy (non-hydrogen) atoms. The normalized spacial score (nSPS) is 10.2. The molecule has 0 aliphatic carbocycles. The van der Waals surface area contributed by atoms with Gasteiger partial charge in [-0.25, -0.2) is 9.78 Å². The fraction of sp³-hybridized carbons (Fsp3) is 0. The monoisotopic (exact) mass is 316 g/mol. The second kappa shape index (κ2) is 5.56. The van der Waals surface area contributed by atoms with Gasteiger partial charge < -0.3 is 10.4 Å². The van der Waals surface area contributed by atoms with E-state index in [0.717, 1.165) is 11.3 Å². The van der Waals surface area contributed by atoms with E-state index in [4.69, 9.17) is 28.3 Å². The van der Waals surface area contributed by atoms with Crippen molar-refractivity contribution < 1.29 is 14.7 Å². The average Bonchev–Trinajstić information content (AvgIpc) is 2.80. The molecular formula is C11H6Cl2N2O3S. The van der Waals surface area contributed by atoms with Crippen LogP contribution in [0.15, 0.2) is 24.3 Å². The second-order valence-electron chi connectivity index (χ2n) is 3.39. The highest BCUT2D eigenvalue weighted by molar-refractivity contribution is 7.18. The molecule has 0 atom stereocenters. The molecule has 2 heterocycles. The molecule has 2 N–H and O–H groups in total. The van der Waals surface area contributed by atoms with Crippen LogP contribution in [0, 0.1) is 0 Å². The molecule has 2 aromatic heterocycles. The van der Waals surface area contributed by atoms with Gasteiger partial charge >= 0.3 is 5.97 Å². The number of nitrogens with one attached hydrogen (secondary N) is 1. The largest absolute Gasteiger partial charge is 0.477 e. The summed E-state index contributed by atoms with van der Waals surface area (Å²) in [6.07, 6.45) is 0. The summed E-state index contributed by atoms with van der Waals surface area (Å²) in [6, 6.07) is 5.82. The molecule has 2 aromatic rings. The quantitative estimate of drug-likeness (QED) is 0.850. The first-order valence-corrected chi connectivity index (χ1v) is 6.51. The number of carboxylic acids is 1. The minimum absolute atomic E-state index is 0.0144. The van der Waals surface area contributed by atoms with E-state index in [1.165, 1.54) is 24.3 Å². The van der Waals surface area contributed by atoms with Gasteiger partial charge in [-0.3, -0.25) is 4.79 Å². The van der Waals surface area contributed by atoms with Gasteiger partial charge in [-0.15, -0.1) is 11.3 Å². The fourth-order valence-corrected chi connectivity index (χ4v) is 2.35. The standard InChI is InChI=1S/C11H6Cl2N2O3S/c12-5-1-3-7(13)14-9(5)10(16)15-8-4-2-6(19-8)11(17)18/h1-4H,(H,15,16)(H,17,18). The Balaban J connectivity index is 2.20. The number of pyridine rings is 1. The first-order chi connectivity index (χ1) is 8.97. The molecule has 0 radical (unpaired) electrons. The Morgan fingerprint density at radius 2 is 1.95 bits per heavy atom. The number of hydrogen-bond donors (Lipinski definition) is 2. The van der Waals surface area contributed by atoms with Crippen LogP contribution in [-0.4, -0.2) is 22.0 Å². The maximum Gasteiger partial charge on any atom is 0.345 e. The lowest BCUT2D eigenvalue weighted by atomic mass is 10.3. The van der Waals surface area contributed by atoms with Crippen molar-refractivity contribution in [3.05, 3.63) is 45.0 Å². The second-order valence-corrected chi connectivity index (χ2v) is 5.27. The molecule has 0 saturated carbocycles. The number of anilines is 1. The smallest absolute Gasteiger partial charge is 0.345 e. The van der Waals surface area contributed by atoms with Gasteiger partial charge in [0.2, 0.25) is 0 Å². The highest BCUT2D eigenvalue weighted by Crippen LogP contribution is 2.24. The molecule has 5 nitrogen and oxygen atoms in total. The zero-order valence-electron chi connectivity index (χ0n) is 9.18. The predicted molar refractivity (Wildman–Crippen MR) is 73.5 cm³/mol. The van der Waals surface area contributed by atoms with E-state index in [1.54, 1.807) is 0 Å².